The normalized spacial score (nSPS) is 42.6. The van der Waals surface area contributed by atoms with Crippen molar-refractivity contribution >= 4 is 11.9 Å². The number of hydrogen-bond donors (Lipinski definition) is 2. The van der Waals surface area contributed by atoms with Crippen LogP contribution in [0.4, 0.5) is 0 Å². The molecule has 0 spiro atoms. The molecule has 1 amide bonds. The van der Waals surface area contributed by atoms with E-state index in [1.807, 2.05) is 0 Å². The van der Waals surface area contributed by atoms with E-state index in [0.717, 1.165) is 11.8 Å². The highest BCUT2D eigenvalue weighted by Crippen LogP contribution is 2.49. The zero-order valence-electron chi connectivity index (χ0n) is 10.8. The third-order valence-corrected chi connectivity index (χ3v) is 5.25. The zero-order chi connectivity index (χ0) is 12.9. The number of carboxylic acid groups (broad SMARTS) is 1. The molecule has 4 heteroatoms. The summed E-state index contributed by atoms with van der Waals surface area (Å²) in [6.07, 6.45) is 5.79. The summed E-state index contributed by atoms with van der Waals surface area (Å²) in [5.74, 6) is 0.711. The number of fused-ring (bicyclic) bond motifs is 2. The Morgan fingerprint density at radius 3 is 2.44 bits per heavy atom. The molecule has 0 aromatic carbocycles. The van der Waals surface area contributed by atoms with E-state index in [4.69, 9.17) is 5.11 Å². The van der Waals surface area contributed by atoms with Crippen LogP contribution in [0.1, 0.15) is 39.0 Å². The van der Waals surface area contributed by atoms with Gasteiger partial charge in [0.25, 0.3) is 0 Å². The van der Waals surface area contributed by atoms with Crippen LogP contribution in [0.3, 0.4) is 0 Å². The molecule has 6 unspecified atom stereocenters. The largest absolute Gasteiger partial charge is 0.481 e. The van der Waals surface area contributed by atoms with Crippen LogP contribution in [-0.2, 0) is 9.59 Å². The van der Waals surface area contributed by atoms with Gasteiger partial charge in [0.05, 0.1) is 11.8 Å². The van der Waals surface area contributed by atoms with Gasteiger partial charge in [0.1, 0.15) is 0 Å². The quantitative estimate of drug-likeness (QED) is 0.798. The number of carbonyl (C=O) groups is 2. The summed E-state index contributed by atoms with van der Waals surface area (Å²) in [4.78, 5) is 22.7. The molecule has 0 aromatic rings. The van der Waals surface area contributed by atoms with Crippen molar-refractivity contribution in [2.75, 3.05) is 0 Å². The van der Waals surface area contributed by atoms with Crippen LogP contribution in [0, 0.1) is 29.6 Å². The minimum absolute atomic E-state index is 0.0438. The Balaban J connectivity index is 1.51. The van der Waals surface area contributed by atoms with Crippen LogP contribution >= 0.6 is 0 Å². The molecule has 18 heavy (non-hydrogen) atoms. The van der Waals surface area contributed by atoms with Crippen molar-refractivity contribution in [3.8, 4) is 0 Å². The van der Waals surface area contributed by atoms with Crippen LogP contribution in [0.15, 0.2) is 0 Å². The lowest BCUT2D eigenvalue weighted by molar-refractivity contribution is -0.140. The average molecular weight is 251 g/mol. The van der Waals surface area contributed by atoms with Gasteiger partial charge in [-0.25, -0.2) is 0 Å². The maximum atomic E-state index is 11.9. The molecule has 0 aliphatic heterocycles. The lowest BCUT2D eigenvalue weighted by atomic mass is 9.84. The van der Waals surface area contributed by atoms with Crippen LogP contribution in [-0.4, -0.2) is 23.0 Å². The summed E-state index contributed by atoms with van der Waals surface area (Å²) in [5.41, 5.74) is 0. The molecule has 3 aliphatic rings. The summed E-state index contributed by atoms with van der Waals surface area (Å²) in [5, 5.41) is 11.9. The summed E-state index contributed by atoms with van der Waals surface area (Å²) in [6.45, 7) is 2.08. The molecule has 3 aliphatic carbocycles. The summed E-state index contributed by atoms with van der Waals surface area (Å²) >= 11 is 0. The van der Waals surface area contributed by atoms with Crippen molar-refractivity contribution in [1.82, 2.24) is 5.32 Å². The van der Waals surface area contributed by atoms with Crippen molar-refractivity contribution < 1.29 is 14.7 Å². The standard InChI is InChI=1S/C14H21NO3/c1-7(10-5-8-2-3-9(10)4-8)15-13(16)11-6-12(11)14(17)18/h7-12H,2-6H2,1H3,(H,15,16)(H,17,18). The van der Waals surface area contributed by atoms with E-state index in [1.165, 1.54) is 25.7 Å². The average Bonchev–Trinajstić information content (AvgIpc) is 2.87. The fourth-order valence-electron chi connectivity index (χ4n) is 4.10. The van der Waals surface area contributed by atoms with E-state index in [1.54, 1.807) is 0 Å². The summed E-state index contributed by atoms with van der Waals surface area (Å²) in [6, 6.07) is 0.211. The second kappa shape index (κ2) is 4.25. The molecule has 3 fully saturated rings. The minimum atomic E-state index is -0.831. The fraction of sp³-hybridized carbons (Fsp3) is 0.857. The Kier molecular flexibility index (Phi) is 2.83. The van der Waals surface area contributed by atoms with Gasteiger partial charge < -0.3 is 10.4 Å². The number of nitrogens with one attached hydrogen (secondary N) is 1. The number of carboxylic acids is 1. The van der Waals surface area contributed by atoms with E-state index < -0.39 is 11.9 Å². The Bertz CT molecular complexity index is 381. The molecule has 0 radical (unpaired) electrons. The summed E-state index contributed by atoms with van der Waals surface area (Å²) in [7, 11) is 0. The van der Waals surface area contributed by atoms with Gasteiger partial charge in [-0.15, -0.1) is 0 Å². The zero-order valence-corrected chi connectivity index (χ0v) is 10.8. The first-order chi connectivity index (χ1) is 8.56. The topological polar surface area (TPSA) is 66.4 Å². The van der Waals surface area contributed by atoms with Gasteiger partial charge in [-0.1, -0.05) is 6.42 Å². The van der Waals surface area contributed by atoms with Crippen molar-refractivity contribution in [1.29, 1.82) is 0 Å². The van der Waals surface area contributed by atoms with Gasteiger partial charge in [0.15, 0.2) is 0 Å². The van der Waals surface area contributed by atoms with Gasteiger partial charge in [-0.2, -0.15) is 0 Å². The predicted molar refractivity (Wildman–Crippen MR) is 65.8 cm³/mol. The molecule has 0 aromatic heterocycles. The van der Waals surface area contributed by atoms with Gasteiger partial charge in [0.2, 0.25) is 5.91 Å². The number of carbonyl (C=O) groups excluding carboxylic acids is 1. The van der Waals surface area contributed by atoms with Gasteiger partial charge in [-0.05, 0) is 50.4 Å². The highest BCUT2D eigenvalue weighted by Gasteiger charge is 2.49. The predicted octanol–water partition coefficient (Wildman–Crippen LogP) is 1.65. The first kappa shape index (κ1) is 12.0. The third kappa shape index (κ3) is 2.02. The van der Waals surface area contributed by atoms with Crippen LogP contribution < -0.4 is 5.32 Å². The highest BCUT2D eigenvalue weighted by atomic mass is 16.4. The number of amides is 1. The molecule has 100 valence electrons. The molecule has 6 atom stereocenters. The SMILES string of the molecule is CC(NC(=O)C1CC1C(=O)O)C1CC2CCC1C2. The lowest BCUT2D eigenvalue weighted by Gasteiger charge is -2.28. The third-order valence-electron chi connectivity index (χ3n) is 5.25. The number of hydrogen-bond acceptors (Lipinski definition) is 2. The van der Waals surface area contributed by atoms with E-state index in [-0.39, 0.29) is 17.9 Å². The monoisotopic (exact) mass is 251 g/mol. The van der Waals surface area contributed by atoms with Crippen molar-refractivity contribution in [3.63, 3.8) is 0 Å². The smallest absolute Gasteiger partial charge is 0.307 e. The van der Waals surface area contributed by atoms with E-state index in [9.17, 15) is 9.59 Å². The molecule has 3 saturated carbocycles. The highest BCUT2D eigenvalue weighted by molar-refractivity contribution is 5.89. The second-order valence-electron chi connectivity index (χ2n) is 6.42. The first-order valence-electron chi connectivity index (χ1n) is 7.09. The maximum absolute atomic E-state index is 11.9. The molecule has 2 N–H and O–H groups in total. The van der Waals surface area contributed by atoms with E-state index >= 15 is 0 Å². The molecular weight excluding hydrogens is 230 g/mol. The van der Waals surface area contributed by atoms with Crippen LogP contribution in [0.25, 0.3) is 0 Å². The molecule has 4 nitrogen and oxygen atoms in total. The number of rotatable bonds is 4. The first-order valence-corrected chi connectivity index (χ1v) is 7.09. The van der Waals surface area contributed by atoms with Crippen molar-refractivity contribution in [2.24, 2.45) is 29.6 Å². The molecule has 3 rings (SSSR count). The van der Waals surface area contributed by atoms with E-state index in [0.29, 0.717) is 12.3 Å². The molecule has 2 bridgehead atoms. The second-order valence-corrected chi connectivity index (χ2v) is 6.42. The number of aliphatic carboxylic acids is 1. The lowest BCUT2D eigenvalue weighted by Crippen LogP contribution is -2.41. The fourth-order valence-corrected chi connectivity index (χ4v) is 4.10. The van der Waals surface area contributed by atoms with Crippen molar-refractivity contribution in [2.45, 2.75) is 45.1 Å². The van der Waals surface area contributed by atoms with E-state index in [2.05, 4.69) is 12.2 Å². The minimum Gasteiger partial charge on any atom is -0.481 e. The molecule has 0 heterocycles. The van der Waals surface area contributed by atoms with Crippen LogP contribution in [0.2, 0.25) is 0 Å². The molecular formula is C14H21NO3. The summed E-state index contributed by atoms with van der Waals surface area (Å²) < 4.78 is 0. The van der Waals surface area contributed by atoms with Gasteiger partial charge in [0, 0.05) is 6.04 Å². The maximum Gasteiger partial charge on any atom is 0.307 e. The van der Waals surface area contributed by atoms with Crippen molar-refractivity contribution in [3.05, 3.63) is 0 Å². The Hall–Kier alpha value is -1.06. The molecule has 0 saturated heterocycles. The Morgan fingerprint density at radius 1 is 1.17 bits per heavy atom. The van der Waals surface area contributed by atoms with Gasteiger partial charge in [-0.3, -0.25) is 9.59 Å². The Morgan fingerprint density at radius 2 is 1.94 bits per heavy atom. The Labute approximate surface area is 107 Å². The van der Waals surface area contributed by atoms with Gasteiger partial charge >= 0.3 is 5.97 Å². The van der Waals surface area contributed by atoms with Crippen LogP contribution in [0.5, 0.6) is 0 Å².